The number of rotatable bonds is 4. The molecule has 0 radical (unpaired) electrons. The third-order valence-corrected chi connectivity index (χ3v) is 4.56. The summed E-state index contributed by atoms with van der Waals surface area (Å²) in [5, 5.41) is 5.51. The highest BCUT2D eigenvalue weighted by molar-refractivity contribution is 5.99. The molecule has 4 heteroatoms. The fraction of sp³-hybridized carbons (Fsp3) is 0.300. The van der Waals surface area contributed by atoms with Crippen LogP contribution in [0.4, 0.5) is 5.69 Å². The molecule has 1 aliphatic carbocycles. The summed E-state index contributed by atoms with van der Waals surface area (Å²) in [4.78, 5) is 24.2. The SMILES string of the molecule is Cc1ccc(C(=O)NCC(=O)Nc2ccc3c(c2)CCC3)cc1C. The maximum absolute atomic E-state index is 12.1. The van der Waals surface area contributed by atoms with E-state index in [0.29, 0.717) is 5.56 Å². The predicted molar refractivity (Wildman–Crippen MR) is 95.3 cm³/mol. The topological polar surface area (TPSA) is 58.2 Å². The molecule has 0 aliphatic heterocycles. The van der Waals surface area contributed by atoms with Crippen LogP contribution in [0.5, 0.6) is 0 Å². The van der Waals surface area contributed by atoms with Crippen LogP contribution in [0.2, 0.25) is 0 Å². The van der Waals surface area contributed by atoms with E-state index in [1.54, 1.807) is 6.07 Å². The number of carbonyl (C=O) groups is 2. The number of carbonyl (C=O) groups excluding carboxylic acids is 2. The summed E-state index contributed by atoms with van der Waals surface area (Å²) in [7, 11) is 0. The minimum atomic E-state index is -0.234. The molecule has 2 aromatic rings. The van der Waals surface area contributed by atoms with Gasteiger partial charge in [0.15, 0.2) is 0 Å². The largest absolute Gasteiger partial charge is 0.343 e. The van der Waals surface area contributed by atoms with Gasteiger partial charge in [0, 0.05) is 11.3 Å². The van der Waals surface area contributed by atoms with Crippen molar-refractivity contribution in [3.63, 3.8) is 0 Å². The summed E-state index contributed by atoms with van der Waals surface area (Å²) < 4.78 is 0. The van der Waals surface area contributed by atoms with Crippen molar-refractivity contribution in [2.45, 2.75) is 33.1 Å². The minimum absolute atomic E-state index is 0.0388. The van der Waals surface area contributed by atoms with Gasteiger partial charge in [0.25, 0.3) is 5.91 Å². The van der Waals surface area contributed by atoms with Crippen molar-refractivity contribution in [1.82, 2.24) is 5.32 Å². The van der Waals surface area contributed by atoms with Gasteiger partial charge in [-0.2, -0.15) is 0 Å². The molecule has 0 saturated carbocycles. The van der Waals surface area contributed by atoms with Crippen LogP contribution in [0.3, 0.4) is 0 Å². The Kier molecular flexibility index (Phi) is 4.65. The van der Waals surface area contributed by atoms with Crippen LogP contribution in [0.25, 0.3) is 0 Å². The molecule has 3 rings (SSSR count). The molecule has 124 valence electrons. The molecular formula is C20H22N2O2. The highest BCUT2D eigenvalue weighted by atomic mass is 16.2. The first-order valence-electron chi connectivity index (χ1n) is 8.30. The third-order valence-electron chi connectivity index (χ3n) is 4.56. The van der Waals surface area contributed by atoms with E-state index in [-0.39, 0.29) is 18.4 Å². The van der Waals surface area contributed by atoms with Crippen molar-refractivity contribution in [3.8, 4) is 0 Å². The molecule has 0 bridgehead atoms. The predicted octanol–water partition coefficient (Wildman–Crippen LogP) is 3.16. The van der Waals surface area contributed by atoms with Crippen LogP contribution in [0.1, 0.15) is 39.0 Å². The van der Waals surface area contributed by atoms with Crippen molar-refractivity contribution < 1.29 is 9.59 Å². The zero-order valence-corrected chi connectivity index (χ0v) is 14.1. The maximum Gasteiger partial charge on any atom is 0.251 e. The van der Waals surface area contributed by atoms with Gasteiger partial charge in [-0.1, -0.05) is 12.1 Å². The number of hydrogen-bond acceptors (Lipinski definition) is 2. The molecular weight excluding hydrogens is 300 g/mol. The first kappa shape index (κ1) is 16.2. The lowest BCUT2D eigenvalue weighted by Gasteiger charge is -2.09. The number of nitrogens with one attached hydrogen (secondary N) is 2. The second kappa shape index (κ2) is 6.87. The Bertz CT molecular complexity index is 796. The van der Waals surface area contributed by atoms with Gasteiger partial charge in [0.05, 0.1) is 6.54 Å². The van der Waals surface area contributed by atoms with E-state index in [2.05, 4.69) is 16.7 Å². The normalized spacial score (nSPS) is 12.6. The molecule has 2 amide bonds. The fourth-order valence-electron chi connectivity index (χ4n) is 3.00. The third kappa shape index (κ3) is 3.65. The Morgan fingerprint density at radius 1 is 0.958 bits per heavy atom. The van der Waals surface area contributed by atoms with Crippen molar-refractivity contribution in [2.24, 2.45) is 0 Å². The molecule has 0 unspecified atom stereocenters. The van der Waals surface area contributed by atoms with Crippen LogP contribution in [-0.2, 0) is 17.6 Å². The minimum Gasteiger partial charge on any atom is -0.343 e. The van der Waals surface area contributed by atoms with Gasteiger partial charge in [0.2, 0.25) is 5.91 Å². The van der Waals surface area contributed by atoms with E-state index in [1.165, 1.54) is 17.5 Å². The summed E-state index contributed by atoms with van der Waals surface area (Å²) in [5.74, 6) is -0.452. The lowest BCUT2D eigenvalue weighted by atomic mass is 10.1. The number of fused-ring (bicyclic) bond motifs is 1. The Labute approximate surface area is 142 Å². The van der Waals surface area contributed by atoms with E-state index in [1.807, 2.05) is 38.1 Å². The maximum atomic E-state index is 12.1. The van der Waals surface area contributed by atoms with Gasteiger partial charge in [-0.25, -0.2) is 0 Å². The highest BCUT2D eigenvalue weighted by Crippen LogP contribution is 2.24. The first-order valence-corrected chi connectivity index (χ1v) is 8.30. The molecule has 24 heavy (non-hydrogen) atoms. The van der Waals surface area contributed by atoms with Gasteiger partial charge in [-0.05, 0) is 79.6 Å². The lowest BCUT2D eigenvalue weighted by molar-refractivity contribution is -0.115. The molecule has 4 nitrogen and oxygen atoms in total. The van der Waals surface area contributed by atoms with Crippen molar-refractivity contribution >= 4 is 17.5 Å². The summed E-state index contributed by atoms with van der Waals surface area (Å²) in [6.45, 7) is 3.93. The number of benzene rings is 2. The molecule has 0 aromatic heterocycles. The van der Waals surface area contributed by atoms with Crippen LogP contribution in [0, 0.1) is 13.8 Å². The fourth-order valence-corrected chi connectivity index (χ4v) is 3.00. The molecule has 2 N–H and O–H groups in total. The average Bonchev–Trinajstić information content (AvgIpc) is 3.03. The zero-order chi connectivity index (χ0) is 17.1. The van der Waals surface area contributed by atoms with E-state index in [4.69, 9.17) is 0 Å². The van der Waals surface area contributed by atoms with Crippen LogP contribution in [0.15, 0.2) is 36.4 Å². The van der Waals surface area contributed by atoms with Gasteiger partial charge in [-0.3, -0.25) is 9.59 Å². The van der Waals surface area contributed by atoms with Gasteiger partial charge in [0.1, 0.15) is 0 Å². The lowest BCUT2D eigenvalue weighted by Crippen LogP contribution is -2.32. The van der Waals surface area contributed by atoms with Crippen molar-refractivity contribution in [1.29, 1.82) is 0 Å². The quantitative estimate of drug-likeness (QED) is 0.908. The Morgan fingerprint density at radius 2 is 1.75 bits per heavy atom. The molecule has 1 aliphatic rings. The number of amides is 2. The molecule has 0 saturated heterocycles. The van der Waals surface area contributed by atoms with Crippen LogP contribution < -0.4 is 10.6 Å². The number of aryl methyl sites for hydroxylation is 4. The van der Waals surface area contributed by atoms with E-state index < -0.39 is 0 Å². The number of hydrogen-bond donors (Lipinski definition) is 2. The van der Waals surface area contributed by atoms with Gasteiger partial charge < -0.3 is 10.6 Å². The number of anilines is 1. The molecule has 0 atom stereocenters. The Hall–Kier alpha value is -2.62. The molecule has 0 spiro atoms. The molecule has 0 fully saturated rings. The average molecular weight is 322 g/mol. The van der Waals surface area contributed by atoms with Crippen molar-refractivity contribution in [3.05, 3.63) is 64.2 Å². The van der Waals surface area contributed by atoms with E-state index >= 15 is 0 Å². The highest BCUT2D eigenvalue weighted by Gasteiger charge is 2.13. The Morgan fingerprint density at radius 3 is 2.54 bits per heavy atom. The summed E-state index contributed by atoms with van der Waals surface area (Å²) in [6.07, 6.45) is 3.37. The van der Waals surface area contributed by atoms with E-state index in [0.717, 1.165) is 29.7 Å². The summed E-state index contributed by atoms with van der Waals surface area (Å²) >= 11 is 0. The first-order chi connectivity index (χ1) is 11.5. The smallest absolute Gasteiger partial charge is 0.251 e. The second-order valence-corrected chi connectivity index (χ2v) is 6.37. The molecule has 0 heterocycles. The van der Waals surface area contributed by atoms with Crippen LogP contribution in [-0.4, -0.2) is 18.4 Å². The zero-order valence-electron chi connectivity index (χ0n) is 14.1. The second-order valence-electron chi connectivity index (χ2n) is 6.37. The van der Waals surface area contributed by atoms with Gasteiger partial charge >= 0.3 is 0 Å². The van der Waals surface area contributed by atoms with Gasteiger partial charge in [-0.15, -0.1) is 0 Å². The molecule has 2 aromatic carbocycles. The van der Waals surface area contributed by atoms with E-state index in [9.17, 15) is 9.59 Å². The standard InChI is InChI=1S/C20H22N2O2/c1-13-6-7-17(10-14(13)2)20(24)21-12-19(23)22-18-9-8-15-4-3-5-16(15)11-18/h6-11H,3-5,12H2,1-2H3,(H,21,24)(H,22,23). The Balaban J connectivity index is 1.55. The monoisotopic (exact) mass is 322 g/mol. The van der Waals surface area contributed by atoms with Crippen molar-refractivity contribution in [2.75, 3.05) is 11.9 Å². The summed E-state index contributed by atoms with van der Waals surface area (Å²) in [5.41, 5.74) is 6.25. The van der Waals surface area contributed by atoms with Crippen LogP contribution >= 0.6 is 0 Å². The summed E-state index contributed by atoms with van der Waals surface area (Å²) in [6, 6.07) is 11.6.